The third-order valence-corrected chi connectivity index (χ3v) is 26.8. The van der Waals surface area contributed by atoms with E-state index in [1.807, 2.05) is 152 Å². The lowest BCUT2D eigenvalue weighted by atomic mass is 9.86. The highest BCUT2D eigenvalue weighted by Crippen LogP contribution is 2.50. The van der Waals surface area contributed by atoms with Crippen molar-refractivity contribution in [2.45, 2.75) is 92.9 Å². The zero-order valence-corrected chi connectivity index (χ0v) is 79.1. The number of piperazine rings is 1. The van der Waals surface area contributed by atoms with E-state index in [0.29, 0.717) is 72.2 Å². The molecule has 0 spiro atoms. The number of amides is 3. The smallest absolute Gasteiger partial charge is 0.328 e. The number of nitrogens with zero attached hydrogens (tertiary/aromatic N) is 3. The Hall–Kier alpha value is -15.5. The first-order chi connectivity index (χ1) is 68.3. The lowest BCUT2D eigenvalue weighted by molar-refractivity contribution is -0.157. The summed E-state index contributed by atoms with van der Waals surface area (Å²) in [6.07, 6.45) is 6.42. The van der Waals surface area contributed by atoms with E-state index in [1.54, 1.807) is 30.1 Å². The number of methoxy groups -OCH3 is 4. The monoisotopic (exact) mass is 1950 g/mol. The number of aromatic nitrogens is 4. The van der Waals surface area contributed by atoms with Gasteiger partial charge in [-0.1, -0.05) is 127 Å². The number of carbonyl (C=O) groups is 8. The Labute approximate surface area is 819 Å². The second-order valence-corrected chi connectivity index (χ2v) is 34.6. The van der Waals surface area contributed by atoms with E-state index >= 15 is 0 Å². The van der Waals surface area contributed by atoms with Crippen molar-refractivity contribution in [1.82, 2.24) is 45.3 Å². The summed E-state index contributed by atoms with van der Waals surface area (Å²) in [7, 11) is 8.72. The number of hydrogen-bond donors (Lipinski definition) is 8. The lowest BCUT2D eigenvalue weighted by Crippen LogP contribution is -2.62. The molecule has 10 aliphatic heterocycles. The van der Waals surface area contributed by atoms with Gasteiger partial charge in [-0.3, -0.25) is 44.2 Å². The Bertz CT molecular complexity index is 7030. The summed E-state index contributed by atoms with van der Waals surface area (Å²) in [5.41, 5.74) is 30.7. The number of nitrogens with two attached hydrogens (primary N) is 2. The number of ether oxygens (including phenoxy) is 14. The maximum Gasteiger partial charge on any atom is 0.328 e. The summed E-state index contributed by atoms with van der Waals surface area (Å²) in [6, 6.07) is 64.6. The van der Waals surface area contributed by atoms with Gasteiger partial charge in [0.05, 0.1) is 59.2 Å². The maximum atomic E-state index is 13.1. The lowest BCUT2D eigenvalue weighted by Gasteiger charge is -2.46. The molecule has 1 unspecified atom stereocenters. The molecule has 14 aromatic rings. The standard InChI is InChI=1S/C22H19ClN2O5.C22H19N3O4.2C20H18N2O4.C13H15NO2.C8H6O3.CH5N.ClH/c1-28-22(27)16-9-14-13-4-2-3-5-15(13)24-20(14)21(25(16)19(26)10-23)12-6-7-17-18(8-12)30-11-29-17;1-24-10-19(26)25-16(22(24)27)9-14-13-4-2-3-5-15(13)23-20(14)21(25)12-6-7-17-18(8-12)29-11-28-17;2*1-24-20(23)15-9-13-12-4-2-3-5-14(12)21-19(13)18(22-15)11-6-7-16-17(8-11)26-10-25-16;1-16-13(15)12(14)8-10-7-6-9-4-2-3-5-11(9)10;9-4-6-1-2-7-8(3-6)11-5-10-7;1-2;/h2-8,16,21,24H,9-11H2,1H3;2-8,16,21,23H,9-11H2,1H3;2*2-8,15,18,21-22H,9-10H2,1H3;2-5,7,12H,6,8,14H2,1H3;1-4H,5H2;2H2,1H3;1H/t2*16-,21-;15-,18?;15-,18-;12-;;;/m11111.../s1. The van der Waals surface area contributed by atoms with Crippen LogP contribution >= 0.6 is 24.0 Å². The predicted octanol–water partition coefficient (Wildman–Crippen LogP) is 13.4. The first kappa shape index (κ1) is 95.8. The number of allylic oxidation sites excluding steroid dienone is 1. The summed E-state index contributed by atoms with van der Waals surface area (Å²) in [5.74, 6) is 4.87. The molecular weight excluding hydrogens is 1850 g/mol. The van der Waals surface area contributed by atoms with E-state index in [9.17, 15) is 38.4 Å². The Balaban J connectivity index is 0.000000114. The number of likely N-dealkylation sites (N-methyl/N-ethyl adjacent to an activating group) is 1. The van der Waals surface area contributed by atoms with Gasteiger partial charge in [-0.2, -0.15) is 0 Å². The van der Waals surface area contributed by atoms with Crippen LogP contribution < -0.4 is 69.5 Å². The van der Waals surface area contributed by atoms with Gasteiger partial charge < -0.3 is 112 Å². The molecule has 33 nitrogen and oxygen atoms in total. The molecule has 25 rings (SSSR count). The molecule has 10 N–H and O–H groups in total. The molecule has 0 bridgehead atoms. The molecule has 0 saturated carbocycles. The fourth-order valence-corrected chi connectivity index (χ4v) is 20.2. The SMILES string of the molecule is CN.CN1CC(=O)N2[C@H](c3ccc4c(c3)OCO4)c3[nH]c4ccccc4c3C[C@@H]2C1=O.COC(=O)[C@H](N)CC1=CCc2ccccc21.COC(=O)[C@H]1Cc2c([nH]c3ccccc23)C(c2ccc3c(c2)OCO3)N1.COC(=O)[C@H]1Cc2c([nH]c3ccccc23)[C@@H](c2ccc3c(c2)OCO3)N1.COC(=O)[C@H]1Cc2c([nH]c3ccccc23)[C@@H](c2ccc3c(c2)OCO3)N1C(=O)CCl.Cl.O=Cc1ccc2c(c1)OCO2. The Morgan fingerprint density at radius 3 is 1.28 bits per heavy atom. The van der Waals surface area contributed by atoms with Crippen LogP contribution in [-0.4, -0.2) is 202 Å². The molecule has 10 aromatic carbocycles. The number of hydrogen-bond acceptors (Lipinski definition) is 26. The number of nitrogens with one attached hydrogen (secondary N) is 6. The number of aromatic amines is 4. The number of rotatable bonds is 12. The first-order valence-corrected chi connectivity index (χ1v) is 46.1. The van der Waals surface area contributed by atoms with Crippen LogP contribution in [0.3, 0.4) is 0 Å². The van der Waals surface area contributed by atoms with Gasteiger partial charge in [-0.15, -0.1) is 24.0 Å². The second-order valence-electron chi connectivity index (χ2n) is 34.3. The van der Waals surface area contributed by atoms with Crippen molar-refractivity contribution in [3.63, 3.8) is 0 Å². The molecule has 141 heavy (non-hydrogen) atoms. The molecule has 3 amide bonds. The molecule has 1 saturated heterocycles. The molecule has 1 aliphatic carbocycles. The van der Waals surface area contributed by atoms with E-state index in [4.69, 9.17) is 78.9 Å². The molecule has 14 heterocycles. The van der Waals surface area contributed by atoms with Crippen molar-refractivity contribution < 1.29 is 105 Å². The van der Waals surface area contributed by atoms with Gasteiger partial charge in [-0.05, 0) is 172 Å². The van der Waals surface area contributed by atoms with Gasteiger partial charge in [0.2, 0.25) is 51.7 Å². The number of esters is 4. The number of aldehydes is 1. The quantitative estimate of drug-likeness (QED) is 0.0244. The van der Waals surface area contributed by atoms with E-state index in [0.717, 1.165) is 152 Å². The zero-order valence-electron chi connectivity index (χ0n) is 77.5. The number of carbonyl (C=O) groups excluding carboxylic acids is 8. The highest BCUT2D eigenvalue weighted by atomic mass is 35.5. The number of alkyl halides is 1. The van der Waals surface area contributed by atoms with Crippen LogP contribution in [0.15, 0.2) is 218 Å². The van der Waals surface area contributed by atoms with Crippen LogP contribution in [0.1, 0.15) is 119 Å². The molecule has 35 heteroatoms. The zero-order chi connectivity index (χ0) is 97.1. The van der Waals surface area contributed by atoms with Gasteiger partial charge in [0, 0.05) is 105 Å². The van der Waals surface area contributed by atoms with Gasteiger partial charge >= 0.3 is 23.9 Å². The summed E-state index contributed by atoms with van der Waals surface area (Å²) in [4.78, 5) is 117. The summed E-state index contributed by atoms with van der Waals surface area (Å²) >= 11 is 5.95. The highest BCUT2D eigenvalue weighted by Gasteiger charge is 2.49. The van der Waals surface area contributed by atoms with Crippen LogP contribution in [0.4, 0.5) is 0 Å². The minimum Gasteiger partial charge on any atom is -0.468 e. The van der Waals surface area contributed by atoms with Crippen LogP contribution in [0.25, 0.3) is 49.2 Å². The molecule has 0 radical (unpaired) electrons. The number of fused-ring (bicyclic) bond motifs is 19. The Morgan fingerprint density at radius 2 is 0.837 bits per heavy atom. The Kier molecular flexibility index (Phi) is 28.3. The van der Waals surface area contributed by atoms with Crippen LogP contribution in [-0.2, 0) is 84.6 Å². The van der Waals surface area contributed by atoms with Crippen LogP contribution in [0, 0.1) is 0 Å². The predicted molar refractivity (Wildman–Crippen MR) is 523 cm³/mol. The number of para-hydroxylation sites is 4. The average molecular weight is 1950 g/mol. The minimum atomic E-state index is -0.789. The van der Waals surface area contributed by atoms with Gasteiger partial charge in [0.1, 0.15) is 42.4 Å². The fourth-order valence-electron chi connectivity index (χ4n) is 20.0. The molecule has 1 fully saturated rings. The number of H-pyrrole nitrogens is 4. The molecule has 11 aliphatic rings. The third-order valence-electron chi connectivity index (χ3n) is 26.5. The van der Waals surface area contributed by atoms with E-state index in [-0.39, 0.29) is 113 Å². The number of halogens is 2. The molecule has 9 atom stereocenters. The second kappa shape index (κ2) is 41.6. The first-order valence-electron chi connectivity index (χ1n) is 45.5. The highest BCUT2D eigenvalue weighted by molar-refractivity contribution is 6.27. The van der Waals surface area contributed by atoms with Gasteiger partial charge in [0.15, 0.2) is 57.5 Å². The minimum absolute atomic E-state index is 0. The van der Waals surface area contributed by atoms with Crippen LogP contribution in [0.5, 0.6) is 57.5 Å². The topological polar surface area (TPSA) is 415 Å². The van der Waals surface area contributed by atoms with Gasteiger partial charge in [0.25, 0.3) is 0 Å². The summed E-state index contributed by atoms with van der Waals surface area (Å²) in [5, 5.41) is 11.3. The third kappa shape index (κ3) is 18.8. The van der Waals surface area contributed by atoms with E-state index in [1.165, 1.54) is 56.4 Å². The van der Waals surface area contributed by atoms with Crippen molar-refractivity contribution in [2.75, 3.05) is 88.9 Å². The van der Waals surface area contributed by atoms with Crippen molar-refractivity contribution in [3.8, 4) is 57.5 Å². The normalized spacial score (nSPS) is 19.3. The summed E-state index contributed by atoms with van der Waals surface area (Å²) < 4.78 is 73.6. The fraction of sp³-hybridized carbons (Fsp3) is 0.264. The largest absolute Gasteiger partial charge is 0.468 e. The molecule has 726 valence electrons. The van der Waals surface area contributed by atoms with E-state index in [2.05, 4.69) is 89.6 Å². The Morgan fingerprint density at radius 1 is 0.454 bits per heavy atom. The molecule has 4 aromatic heterocycles. The van der Waals surface area contributed by atoms with Crippen molar-refractivity contribution in [3.05, 3.63) is 302 Å². The van der Waals surface area contributed by atoms with Crippen molar-refractivity contribution >= 4 is 121 Å². The summed E-state index contributed by atoms with van der Waals surface area (Å²) in [6.45, 7) is 1.15. The average Bonchev–Trinajstić information content (AvgIpc) is 1.65. The van der Waals surface area contributed by atoms with Crippen molar-refractivity contribution in [1.29, 1.82) is 0 Å². The number of benzene rings is 10. The van der Waals surface area contributed by atoms with Gasteiger partial charge in [-0.25, -0.2) is 4.79 Å². The maximum absolute atomic E-state index is 13.1. The molecular formula is C106H101Cl2N11O22. The van der Waals surface area contributed by atoms with Crippen molar-refractivity contribution in [2.24, 2.45) is 11.5 Å². The van der Waals surface area contributed by atoms with Crippen LogP contribution in [0.2, 0.25) is 0 Å². The van der Waals surface area contributed by atoms with E-state index < -0.39 is 42.2 Å².